The molecule has 4 rings (SSSR count). The van der Waals surface area contributed by atoms with Gasteiger partial charge in [-0.15, -0.1) is 0 Å². The molecule has 0 unspecified atom stereocenters. The molecule has 5 heteroatoms. The van der Waals surface area contributed by atoms with Crippen LogP contribution in [-0.2, 0) is 0 Å². The van der Waals surface area contributed by atoms with Crippen molar-refractivity contribution in [2.75, 3.05) is 5.32 Å². The lowest BCUT2D eigenvalue weighted by molar-refractivity contribution is 0.102. The summed E-state index contributed by atoms with van der Waals surface area (Å²) < 4.78 is 0. The third-order valence-electron chi connectivity index (χ3n) is 3.57. The molecule has 0 aliphatic heterocycles. The number of aromatic amines is 1. The van der Waals surface area contributed by atoms with Gasteiger partial charge in [-0.3, -0.25) is 14.9 Å². The summed E-state index contributed by atoms with van der Waals surface area (Å²) in [6.07, 6.45) is 3.36. The molecular formula is C17H12N4O. The molecule has 0 bridgehead atoms. The Balaban J connectivity index is 1.69. The molecule has 5 nitrogen and oxygen atoms in total. The molecular weight excluding hydrogens is 276 g/mol. The van der Waals surface area contributed by atoms with Crippen LogP contribution in [0.1, 0.15) is 10.4 Å². The van der Waals surface area contributed by atoms with Crippen molar-refractivity contribution in [1.82, 2.24) is 15.2 Å². The van der Waals surface area contributed by atoms with Crippen LogP contribution < -0.4 is 5.32 Å². The first-order valence-corrected chi connectivity index (χ1v) is 6.89. The predicted molar refractivity (Wildman–Crippen MR) is 85.8 cm³/mol. The first kappa shape index (κ1) is 12.5. The Hall–Kier alpha value is -3.21. The number of aromatic nitrogens is 3. The van der Waals surface area contributed by atoms with E-state index >= 15 is 0 Å². The fourth-order valence-corrected chi connectivity index (χ4v) is 2.50. The number of rotatable bonds is 2. The number of nitrogens with zero attached hydrogens (tertiary/aromatic N) is 2. The predicted octanol–water partition coefficient (Wildman–Crippen LogP) is 3.36. The van der Waals surface area contributed by atoms with Crippen molar-refractivity contribution in [2.45, 2.75) is 0 Å². The van der Waals surface area contributed by atoms with E-state index in [-0.39, 0.29) is 5.91 Å². The molecule has 0 radical (unpaired) electrons. The number of H-pyrrole nitrogens is 1. The Bertz CT molecular complexity index is 990. The number of para-hydroxylation sites is 2. The van der Waals surface area contributed by atoms with Gasteiger partial charge in [0.2, 0.25) is 0 Å². The van der Waals surface area contributed by atoms with Gasteiger partial charge < -0.3 is 5.32 Å². The molecule has 2 N–H and O–H groups in total. The van der Waals surface area contributed by atoms with Crippen LogP contribution in [0.4, 0.5) is 5.69 Å². The Morgan fingerprint density at radius 1 is 1.00 bits per heavy atom. The van der Waals surface area contributed by atoms with Gasteiger partial charge in [-0.05, 0) is 18.2 Å². The van der Waals surface area contributed by atoms with Crippen molar-refractivity contribution in [2.24, 2.45) is 0 Å². The molecule has 0 saturated heterocycles. The van der Waals surface area contributed by atoms with Gasteiger partial charge in [0, 0.05) is 10.8 Å². The molecule has 22 heavy (non-hydrogen) atoms. The summed E-state index contributed by atoms with van der Waals surface area (Å²) in [5, 5.41) is 11.6. The van der Waals surface area contributed by atoms with E-state index in [0.717, 1.165) is 21.8 Å². The van der Waals surface area contributed by atoms with Gasteiger partial charge in [0.05, 0.1) is 34.7 Å². The normalized spacial score (nSPS) is 10.9. The Morgan fingerprint density at radius 2 is 1.86 bits per heavy atom. The molecule has 0 saturated carbocycles. The molecule has 106 valence electrons. The van der Waals surface area contributed by atoms with Crippen molar-refractivity contribution in [3.05, 3.63) is 66.5 Å². The van der Waals surface area contributed by atoms with E-state index in [9.17, 15) is 4.79 Å². The Kier molecular flexibility index (Phi) is 2.83. The molecule has 0 atom stereocenters. The molecule has 2 aromatic heterocycles. The van der Waals surface area contributed by atoms with Gasteiger partial charge in [0.15, 0.2) is 0 Å². The highest BCUT2D eigenvalue weighted by Crippen LogP contribution is 2.19. The fourth-order valence-electron chi connectivity index (χ4n) is 2.50. The van der Waals surface area contributed by atoms with Crippen LogP contribution in [0.25, 0.3) is 21.8 Å². The van der Waals surface area contributed by atoms with E-state index in [1.807, 2.05) is 42.5 Å². The molecule has 0 spiro atoms. The van der Waals surface area contributed by atoms with Gasteiger partial charge in [-0.25, -0.2) is 0 Å². The number of anilines is 1. The second-order valence-corrected chi connectivity index (χ2v) is 5.01. The minimum atomic E-state index is -0.188. The maximum absolute atomic E-state index is 12.5. The largest absolute Gasteiger partial charge is 0.321 e. The zero-order chi connectivity index (χ0) is 14.9. The van der Waals surface area contributed by atoms with Crippen LogP contribution in [0.15, 0.2) is 60.9 Å². The lowest BCUT2D eigenvalue weighted by Gasteiger charge is -2.07. The number of pyridine rings is 1. The van der Waals surface area contributed by atoms with E-state index in [4.69, 9.17) is 0 Å². The first-order chi connectivity index (χ1) is 10.8. The van der Waals surface area contributed by atoms with Crippen molar-refractivity contribution in [1.29, 1.82) is 0 Å². The number of benzene rings is 2. The number of carbonyl (C=O) groups is 1. The summed E-state index contributed by atoms with van der Waals surface area (Å²) >= 11 is 0. The molecule has 2 heterocycles. The minimum Gasteiger partial charge on any atom is -0.321 e. The van der Waals surface area contributed by atoms with Crippen molar-refractivity contribution in [3.63, 3.8) is 0 Å². The van der Waals surface area contributed by atoms with Crippen molar-refractivity contribution >= 4 is 33.4 Å². The standard InChI is InChI=1S/C17H12N4O/c22-17(14-6-3-5-12-9-19-21-16(12)14)20-13-8-11-4-1-2-7-15(11)18-10-13/h1-10H,(H,19,21)(H,20,22). The number of carbonyl (C=O) groups excluding carboxylic acids is 1. The lowest BCUT2D eigenvalue weighted by Crippen LogP contribution is -2.12. The maximum Gasteiger partial charge on any atom is 0.257 e. The molecule has 2 aromatic carbocycles. The number of nitrogens with one attached hydrogen (secondary N) is 2. The van der Waals surface area contributed by atoms with Gasteiger partial charge in [-0.2, -0.15) is 5.10 Å². The van der Waals surface area contributed by atoms with E-state index in [1.165, 1.54) is 0 Å². The maximum atomic E-state index is 12.5. The minimum absolute atomic E-state index is 0.188. The second kappa shape index (κ2) is 4.96. The number of hydrogen-bond donors (Lipinski definition) is 2. The average Bonchev–Trinajstić information content (AvgIpc) is 3.03. The van der Waals surface area contributed by atoms with Gasteiger partial charge in [0.25, 0.3) is 5.91 Å². The third-order valence-corrected chi connectivity index (χ3v) is 3.57. The molecule has 0 fully saturated rings. The summed E-state index contributed by atoms with van der Waals surface area (Å²) in [7, 11) is 0. The Labute approximate surface area is 126 Å². The molecule has 1 amide bonds. The zero-order valence-corrected chi connectivity index (χ0v) is 11.6. The summed E-state index contributed by atoms with van der Waals surface area (Å²) in [5.41, 5.74) is 2.85. The molecule has 0 aliphatic rings. The number of fused-ring (bicyclic) bond motifs is 2. The second-order valence-electron chi connectivity index (χ2n) is 5.01. The summed E-state index contributed by atoms with van der Waals surface area (Å²) in [5.74, 6) is -0.188. The highest BCUT2D eigenvalue weighted by Gasteiger charge is 2.11. The highest BCUT2D eigenvalue weighted by atomic mass is 16.1. The van der Waals surface area contributed by atoms with Crippen LogP contribution in [0.5, 0.6) is 0 Å². The average molecular weight is 288 g/mol. The van der Waals surface area contributed by atoms with E-state index in [0.29, 0.717) is 11.3 Å². The SMILES string of the molecule is O=C(Nc1cnc2ccccc2c1)c1cccc2cn[nH]c12. The van der Waals surface area contributed by atoms with Crippen LogP contribution in [0, 0.1) is 0 Å². The Morgan fingerprint density at radius 3 is 2.82 bits per heavy atom. The smallest absolute Gasteiger partial charge is 0.257 e. The van der Waals surface area contributed by atoms with E-state index < -0.39 is 0 Å². The first-order valence-electron chi connectivity index (χ1n) is 6.89. The van der Waals surface area contributed by atoms with E-state index in [2.05, 4.69) is 20.5 Å². The summed E-state index contributed by atoms with van der Waals surface area (Å²) in [4.78, 5) is 16.8. The zero-order valence-electron chi connectivity index (χ0n) is 11.6. The van der Waals surface area contributed by atoms with Crippen LogP contribution >= 0.6 is 0 Å². The van der Waals surface area contributed by atoms with Gasteiger partial charge in [0.1, 0.15) is 0 Å². The van der Waals surface area contributed by atoms with Crippen molar-refractivity contribution < 1.29 is 4.79 Å². The molecule has 0 aliphatic carbocycles. The topological polar surface area (TPSA) is 70.7 Å². The van der Waals surface area contributed by atoms with Crippen LogP contribution in [-0.4, -0.2) is 21.1 Å². The number of amides is 1. The van der Waals surface area contributed by atoms with E-state index in [1.54, 1.807) is 18.5 Å². The lowest BCUT2D eigenvalue weighted by atomic mass is 10.1. The third kappa shape index (κ3) is 2.09. The summed E-state index contributed by atoms with van der Waals surface area (Å²) in [6, 6.07) is 15.2. The van der Waals surface area contributed by atoms with Gasteiger partial charge in [-0.1, -0.05) is 30.3 Å². The van der Waals surface area contributed by atoms with Crippen LogP contribution in [0.3, 0.4) is 0 Å². The van der Waals surface area contributed by atoms with Gasteiger partial charge >= 0.3 is 0 Å². The monoisotopic (exact) mass is 288 g/mol. The molecule has 4 aromatic rings. The quantitative estimate of drug-likeness (QED) is 0.594. The summed E-state index contributed by atoms with van der Waals surface area (Å²) in [6.45, 7) is 0. The fraction of sp³-hybridized carbons (Fsp3) is 0. The number of hydrogen-bond acceptors (Lipinski definition) is 3. The highest BCUT2D eigenvalue weighted by molar-refractivity contribution is 6.12. The van der Waals surface area contributed by atoms with Crippen molar-refractivity contribution in [3.8, 4) is 0 Å². The van der Waals surface area contributed by atoms with Crippen LogP contribution in [0.2, 0.25) is 0 Å².